The van der Waals surface area contributed by atoms with Gasteiger partial charge in [0.15, 0.2) is 0 Å². The third-order valence-corrected chi connectivity index (χ3v) is 20.3. The van der Waals surface area contributed by atoms with E-state index in [1.54, 1.807) is 63.2 Å². The zero-order valence-electron chi connectivity index (χ0n) is 77.8. The monoisotopic (exact) mass is 1970 g/mol. The summed E-state index contributed by atoms with van der Waals surface area (Å²) in [6, 6.07) is 10.7. The van der Waals surface area contributed by atoms with Crippen molar-refractivity contribution in [1.29, 1.82) is 0 Å². The molecule has 4 N–H and O–H groups in total. The number of nitrogens with zero attached hydrogens (tertiary/aromatic N) is 1. The van der Waals surface area contributed by atoms with Gasteiger partial charge in [-0.2, -0.15) is 0 Å². The second-order valence-corrected chi connectivity index (χ2v) is 32.4. The van der Waals surface area contributed by atoms with Crippen LogP contribution in [-0.4, -0.2) is 413 Å². The van der Waals surface area contributed by atoms with Crippen LogP contribution in [0.2, 0.25) is 10.0 Å². The minimum Gasteiger partial charge on any atom is -0.747 e. The van der Waals surface area contributed by atoms with E-state index < -0.39 is 80.8 Å². The molecule has 1 aliphatic heterocycles. The first-order valence-corrected chi connectivity index (χ1v) is 47.1. The maximum absolute atomic E-state index is 14.1. The number of carbonyl (C=O) groups is 8. The molecule has 6 amide bonds. The van der Waals surface area contributed by atoms with Gasteiger partial charge in [0.05, 0.1) is 351 Å². The first-order valence-electron chi connectivity index (χ1n) is 44.9. The summed E-state index contributed by atoms with van der Waals surface area (Å²) in [4.78, 5) is 105. The summed E-state index contributed by atoms with van der Waals surface area (Å²) in [7, 11) is -5.10. The van der Waals surface area contributed by atoms with Crippen molar-refractivity contribution in [2.75, 3.05) is 336 Å². The van der Waals surface area contributed by atoms with Crippen LogP contribution < -0.4 is 50.8 Å². The van der Waals surface area contributed by atoms with Gasteiger partial charge in [-0.1, -0.05) is 54.2 Å². The number of rotatable bonds is 90. The molecule has 2 atom stereocenters. The minimum absolute atomic E-state index is 0. The Labute approximate surface area is 813 Å². The van der Waals surface area contributed by atoms with Gasteiger partial charge >= 0.3 is 41.5 Å². The number of halogens is 2. The van der Waals surface area contributed by atoms with Crippen LogP contribution in [-0.2, 0) is 173 Å². The number of nitrogens with one attached hydrogen (secondary N) is 4. The molecule has 2 aliphatic rings. The fourth-order valence-electron chi connectivity index (χ4n) is 11.9. The van der Waals surface area contributed by atoms with E-state index in [1.807, 2.05) is 0 Å². The maximum atomic E-state index is 14.1. The number of hydrogen-bond donors (Lipinski definition) is 4. The van der Waals surface area contributed by atoms with Gasteiger partial charge in [0.25, 0.3) is 17.7 Å². The Morgan fingerprint density at radius 2 is 0.729 bits per heavy atom. The molecule has 2 fully saturated rings. The summed E-state index contributed by atoms with van der Waals surface area (Å²) in [6.07, 6.45) is 1.88. The first kappa shape index (κ1) is 122. The Balaban J connectivity index is 0.0000456. The number of hydroxylamine groups is 2. The van der Waals surface area contributed by atoms with E-state index in [0.29, 0.717) is 322 Å². The molecular formula is C87H142Cl2N5NaO37S. The molecule has 42 nitrogen and oxygen atoms in total. The zero-order valence-corrected chi connectivity index (χ0v) is 82.2. The van der Waals surface area contributed by atoms with Gasteiger partial charge in [-0.15, -0.1) is 5.06 Å². The van der Waals surface area contributed by atoms with Crippen LogP contribution in [0.5, 0.6) is 0 Å². The van der Waals surface area contributed by atoms with Crippen molar-refractivity contribution in [1.82, 2.24) is 21.0 Å². The van der Waals surface area contributed by atoms with Gasteiger partial charge in [-0.05, 0) is 69.9 Å². The van der Waals surface area contributed by atoms with Gasteiger partial charge in [0.1, 0.15) is 27.0 Å². The van der Waals surface area contributed by atoms with Crippen molar-refractivity contribution in [3.05, 3.63) is 63.6 Å². The number of anilines is 1. The Bertz CT molecular complexity index is 3460. The second kappa shape index (κ2) is 80.7. The van der Waals surface area contributed by atoms with Crippen LogP contribution >= 0.6 is 23.2 Å². The van der Waals surface area contributed by atoms with Gasteiger partial charge in [-0.3, -0.25) is 28.8 Å². The van der Waals surface area contributed by atoms with Crippen LogP contribution in [0, 0.1) is 5.41 Å². The number of hydrogen-bond acceptors (Lipinski definition) is 37. The first-order chi connectivity index (χ1) is 64.1. The van der Waals surface area contributed by atoms with E-state index in [2.05, 4.69) is 26.1 Å². The fraction of sp³-hybridized carbons (Fsp3) is 0.770. The third-order valence-electron chi connectivity index (χ3n) is 18.6. The van der Waals surface area contributed by atoms with Crippen LogP contribution in [0.25, 0.3) is 0 Å². The third kappa shape index (κ3) is 64.7. The van der Waals surface area contributed by atoms with E-state index >= 15 is 0 Å². The van der Waals surface area contributed by atoms with Crippen molar-refractivity contribution in [2.24, 2.45) is 5.41 Å². The molecule has 1 aliphatic carbocycles. The molecule has 1 unspecified atom stereocenters. The molecular weight excluding hydrogens is 1830 g/mol. The summed E-state index contributed by atoms with van der Waals surface area (Å²) in [5.41, 5.74) is -0.182. The SMILES string of the molecule is CC(C)(C)OC(=O)[C@H](Cc1ccc(NC(=O)c2c(Cl)cccc2Cl)cc1)NC(=O)C1(CCNC(=O)CCOCCOCCOCCOCCOCCOCCOCCOCCOCCOCCOCCOCCOCCOCCOCCOCCOCCOCCOCCOCCOCCOCCOCCOCCNC(=O)CCC(=O)ON2C(=O)CC(S(=O)(=O)[O-])C2=O)CCCC1.[Na+]. The molecule has 0 spiro atoms. The van der Waals surface area contributed by atoms with Gasteiger partial charge < -0.3 is 149 Å². The molecule has 2 aromatic carbocycles. The smallest absolute Gasteiger partial charge is 0.747 e. The summed E-state index contributed by atoms with van der Waals surface area (Å²) in [5.74, 6) is -5.74. The Morgan fingerprint density at radius 1 is 0.429 bits per heavy atom. The molecule has 1 heterocycles. The van der Waals surface area contributed by atoms with Gasteiger partial charge in [0, 0.05) is 38.0 Å². The Morgan fingerprint density at radius 3 is 1.04 bits per heavy atom. The van der Waals surface area contributed by atoms with E-state index in [4.69, 9.17) is 142 Å². The molecule has 1 saturated heterocycles. The summed E-state index contributed by atoms with van der Waals surface area (Å²) in [6.45, 7) is 25.5. The maximum Gasteiger partial charge on any atom is 1.00 e. The summed E-state index contributed by atoms with van der Waals surface area (Å²) in [5, 5.41) is 9.48. The largest absolute Gasteiger partial charge is 1.00 e. The standard InChI is InChI=1S/C87H143Cl2N5O37S.Na/c1-86(2,3)130-84(101)75(69-71-9-11-72(12-10-71)92-82(99)81-73(88)7-6-8-74(81)89)93-85(102)87(16-4-5-17-87)18-19-90-78(96)15-21-106-23-25-108-27-29-110-31-33-112-35-37-114-39-41-116-43-45-118-47-49-120-51-53-122-55-57-124-59-61-126-63-65-128-67-68-129-66-64-127-62-60-125-58-56-123-54-52-121-50-48-119-46-44-117-42-40-115-38-36-113-34-32-111-30-28-109-26-24-107-22-20-91-77(95)13-14-80(98)131-94-79(97)70-76(83(94)100)132(103,104)105;/h6-12,75-76H,4-5,13-70H2,1-3H3,(H,90,96)(H,91,95)(H,92,99)(H,93,102)(H,103,104,105);/q;+1/p-1/t75-,76?;/m0./s1. The average Bonchev–Trinajstić information content (AvgIpc) is 1.63. The summed E-state index contributed by atoms with van der Waals surface area (Å²) >= 11 is 12.5. The number of imide groups is 1. The predicted molar refractivity (Wildman–Crippen MR) is 473 cm³/mol. The van der Waals surface area contributed by atoms with Crippen molar-refractivity contribution < 1.29 is 204 Å². The number of carbonyl (C=O) groups excluding carboxylic acids is 8. The van der Waals surface area contributed by atoms with Crippen molar-refractivity contribution >= 4 is 86.4 Å². The summed E-state index contributed by atoms with van der Waals surface area (Å²) < 4.78 is 172. The van der Waals surface area contributed by atoms with Crippen molar-refractivity contribution in [3.8, 4) is 0 Å². The van der Waals surface area contributed by atoms with Crippen LogP contribution in [0.1, 0.15) is 94.5 Å². The molecule has 46 heteroatoms. The average molecular weight is 1980 g/mol. The molecule has 4 rings (SSSR count). The van der Waals surface area contributed by atoms with Gasteiger partial charge in [-0.25, -0.2) is 18.0 Å². The number of ether oxygens (including phenoxy) is 25. The molecule has 2 aromatic rings. The molecule has 758 valence electrons. The van der Waals surface area contributed by atoms with E-state index in [0.717, 1.165) is 18.4 Å². The van der Waals surface area contributed by atoms with Crippen molar-refractivity contribution in [2.45, 2.75) is 102 Å². The minimum atomic E-state index is -5.10. The van der Waals surface area contributed by atoms with Crippen LogP contribution in [0.4, 0.5) is 5.69 Å². The van der Waals surface area contributed by atoms with Crippen LogP contribution in [0.15, 0.2) is 42.5 Å². The molecule has 0 bridgehead atoms. The van der Waals surface area contributed by atoms with E-state index in [9.17, 15) is 51.3 Å². The topological polar surface area (TPSA) is 485 Å². The molecule has 0 aromatic heterocycles. The second-order valence-electron chi connectivity index (χ2n) is 30.1. The normalized spacial score (nSPS) is 14.1. The Kier molecular flexibility index (Phi) is 74.1. The molecule has 0 radical (unpaired) electrons. The Hall–Kier alpha value is -5.07. The molecule has 1 saturated carbocycles. The molecule has 133 heavy (non-hydrogen) atoms. The number of benzene rings is 2. The van der Waals surface area contributed by atoms with Crippen LogP contribution in [0.3, 0.4) is 0 Å². The van der Waals surface area contributed by atoms with Gasteiger partial charge in [0.2, 0.25) is 17.7 Å². The predicted octanol–water partition coefficient (Wildman–Crippen LogP) is 0.501. The number of esters is 1. The fourth-order valence-corrected chi connectivity index (χ4v) is 13.1. The number of amides is 6. The quantitative estimate of drug-likeness (QED) is 0.0230. The zero-order chi connectivity index (χ0) is 95.3. The van der Waals surface area contributed by atoms with Crippen molar-refractivity contribution in [3.63, 3.8) is 0 Å². The van der Waals surface area contributed by atoms with E-state index in [-0.39, 0.29) is 114 Å². The van der Waals surface area contributed by atoms with E-state index in [1.165, 1.54) is 0 Å².